The van der Waals surface area contributed by atoms with Crippen LogP contribution in [0.25, 0.3) is 28.2 Å². The van der Waals surface area contributed by atoms with Crippen molar-refractivity contribution in [3.05, 3.63) is 88.1 Å². The molecule has 0 radical (unpaired) electrons. The van der Waals surface area contributed by atoms with Gasteiger partial charge in [0.15, 0.2) is 0 Å². The second kappa shape index (κ2) is 11.3. The van der Waals surface area contributed by atoms with Crippen LogP contribution in [-0.4, -0.2) is 64.1 Å². The number of nitrogens with zero attached hydrogens (tertiary/aromatic N) is 7. The molecule has 3 N–H and O–H groups in total. The summed E-state index contributed by atoms with van der Waals surface area (Å²) < 4.78 is 8.72. The van der Waals surface area contributed by atoms with E-state index >= 15 is 0 Å². The summed E-state index contributed by atoms with van der Waals surface area (Å²) in [6.07, 6.45) is 3.48. The second-order valence-electron chi connectivity index (χ2n) is 9.48. The molecule has 4 heterocycles. The SMILES string of the molecule is O=C(O)Nc1ccc(-c2cnc(Cn3c(C4CCOCC4)nc(-c4cc(Cl)ccc4-n4cnnn4)cc3=O)[nH]2)cc1. The lowest BCUT2D eigenvalue weighted by atomic mass is 9.98. The van der Waals surface area contributed by atoms with Gasteiger partial charge in [0, 0.05) is 41.5 Å². The molecule has 14 heteroatoms. The van der Waals surface area contributed by atoms with Crippen LogP contribution in [0.5, 0.6) is 0 Å². The minimum atomic E-state index is -1.13. The maximum atomic E-state index is 13.7. The monoisotopic (exact) mass is 573 g/mol. The molecule has 6 rings (SSSR count). The van der Waals surface area contributed by atoms with Crippen LogP contribution in [-0.2, 0) is 11.3 Å². The number of anilines is 1. The first kappa shape index (κ1) is 26.3. The molecule has 0 bridgehead atoms. The van der Waals surface area contributed by atoms with E-state index in [9.17, 15) is 9.59 Å². The molecular formula is C27H24ClN9O4. The maximum absolute atomic E-state index is 13.7. The van der Waals surface area contributed by atoms with Crippen molar-refractivity contribution in [1.29, 1.82) is 0 Å². The largest absolute Gasteiger partial charge is 0.465 e. The molecule has 1 amide bonds. The van der Waals surface area contributed by atoms with E-state index in [2.05, 4.69) is 30.8 Å². The Morgan fingerprint density at radius 2 is 1.95 bits per heavy atom. The van der Waals surface area contributed by atoms with Gasteiger partial charge in [0.2, 0.25) is 0 Å². The number of aromatic nitrogens is 8. The van der Waals surface area contributed by atoms with Gasteiger partial charge < -0.3 is 14.8 Å². The summed E-state index contributed by atoms with van der Waals surface area (Å²) in [6, 6.07) is 13.6. The molecule has 1 fully saturated rings. The van der Waals surface area contributed by atoms with Crippen molar-refractivity contribution in [3.8, 4) is 28.2 Å². The first-order valence-corrected chi connectivity index (χ1v) is 13.2. The number of amides is 1. The van der Waals surface area contributed by atoms with Gasteiger partial charge in [-0.25, -0.2) is 14.8 Å². The summed E-state index contributed by atoms with van der Waals surface area (Å²) in [4.78, 5) is 37.3. The van der Waals surface area contributed by atoms with Crippen LogP contribution in [0.15, 0.2) is 65.8 Å². The van der Waals surface area contributed by atoms with Gasteiger partial charge in [-0.15, -0.1) is 5.10 Å². The first-order valence-electron chi connectivity index (χ1n) is 12.8. The third-order valence-corrected chi connectivity index (χ3v) is 7.07. The number of rotatable bonds is 7. The van der Waals surface area contributed by atoms with E-state index in [1.54, 1.807) is 53.2 Å². The van der Waals surface area contributed by atoms with E-state index in [-0.39, 0.29) is 18.0 Å². The second-order valence-corrected chi connectivity index (χ2v) is 9.91. The number of carboxylic acid groups (broad SMARTS) is 1. The summed E-state index contributed by atoms with van der Waals surface area (Å²) >= 11 is 6.35. The van der Waals surface area contributed by atoms with Crippen molar-refractivity contribution in [3.63, 3.8) is 0 Å². The fraction of sp³-hybridized carbons (Fsp3) is 0.222. The number of H-pyrrole nitrogens is 1. The van der Waals surface area contributed by atoms with Gasteiger partial charge in [0.05, 0.1) is 29.8 Å². The summed E-state index contributed by atoms with van der Waals surface area (Å²) in [6.45, 7) is 1.34. The average molecular weight is 574 g/mol. The summed E-state index contributed by atoms with van der Waals surface area (Å²) in [5.74, 6) is 1.23. The Labute approximate surface area is 237 Å². The first-order chi connectivity index (χ1) is 19.9. The van der Waals surface area contributed by atoms with Gasteiger partial charge in [0.1, 0.15) is 18.0 Å². The number of ether oxygens (including phenoxy) is 1. The van der Waals surface area contributed by atoms with Crippen molar-refractivity contribution in [2.45, 2.75) is 25.3 Å². The topological polar surface area (TPSA) is 166 Å². The van der Waals surface area contributed by atoms with Crippen molar-refractivity contribution in [1.82, 2.24) is 39.7 Å². The number of aromatic amines is 1. The van der Waals surface area contributed by atoms with Crippen molar-refractivity contribution < 1.29 is 14.6 Å². The van der Waals surface area contributed by atoms with E-state index in [1.165, 1.54) is 17.1 Å². The Hall–Kier alpha value is -4.88. The Morgan fingerprint density at radius 1 is 1.15 bits per heavy atom. The lowest BCUT2D eigenvalue weighted by molar-refractivity contribution is 0.0825. The lowest BCUT2D eigenvalue weighted by Gasteiger charge is -2.25. The molecule has 0 saturated carbocycles. The van der Waals surface area contributed by atoms with Crippen molar-refractivity contribution in [2.75, 3.05) is 18.5 Å². The van der Waals surface area contributed by atoms with Crippen molar-refractivity contribution >= 4 is 23.4 Å². The van der Waals surface area contributed by atoms with Gasteiger partial charge in [-0.2, -0.15) is 4.68 Å². The fourth-order valence-corrected chi connectivity index (χ4v) is 5.04. The zero-order chi connectivity index (χ0) is 28.3. The lowest BCUT2D eigenvalue weighted by Crippen LogP contribution is -2.29. The number of hydrogen-bond donors (Lipinski definition) is 3. The standard InChI is InChI=1S/C27H24ClN9O4/c28-18-3-6-23(37-15-30-34-35-37)20(11-18)21-12-25(38)36(26(33-21)17-7-9-41-10-8-17)14-24-29-13-22(32-24)16-1-4-19(5-2-16)31-27(39)40/h1-6,11-13,15,17,31H,7-10,14H2,(H,29,32)(H,39,40). The maximum Gasteiger partial charge on any atom is 0.409 e. The highest BCUT2D eigenvalue weighted by atomic mass is 35.5. The van der Waals surface area contributed by atoms with Crippen LogP contribution in [0.2, 0.25) is 5.02 Å². The van der Waals surface area contributed by atoms with Crippen LogP contribution in [0, 0.1) is 0 Å². The van der Waals surface area contributed by atoms with Crippen LogP contribution in [0.1, 0.15) is 30.4 Å². The fourth-order valence-electron chi connectivity index (χ4n) is 4.87. The van der Waals surface area contributed by atoms with E-state index in [0.29, 0.717) is 52.5 Å². The van der Waals surface area contributed by atoms with Gasteiger partial charge in [-0.3, -0.25) is 14.7 Å². The van der Waals surface area contributed by atoms with Crippen molar-refractivity contribution in [2.24, 2.45) is 0 Å². The van der Waals surface area contributed by atoms with Crippen LogP contribution >= 0.6 is 11.6 Å². The van der Waals surface area contributed by atoms with Gasteiger partial charge in [0.25, 0.3) is 5.56 Å². The molecule has 41 heavy (non-hydrogen) atoms. The van der Waals surface area contributed by atoms with Crippen LogP contribution < -0.4 is 10.9 Å². The summed E-state index contributed by atoms with van der Waals surface area (Å²) in [5.41, 5.74) is 3.52. The molecule has 3 aromatic heterocycles. The van der Waals surface area contributed by atoms with Gasteiger partial charge in [-0.1, -0.05) is 23.7 Å². The molecular weight excluding hydrogens is 550 g/mol. The Morgan fingerprint density at radius 3 is 2.68 bits per heavy atom. The molecule has 0 aliphatic carbocycles. The van der Waals surface area contributed by atoms with Crippen LogP contribution in [0.3, 0.4) is 0 Å². The predicted molar refractivity (Wildman–Crippen MR) is 149 cm³/mol. The van der Waals surface area contributed by atoms with E-state index < -0.39 is 6.09 Å². The smallest absolute Gasteiger partial charge is 0.409 e. The number of hydrogen-bond acceptors (Lipinski definition) is 8. The molecule has 5 aromatic rings. The molecule has 0 atom stereocenters. The third-order valence-electron chi connectivity index (χ3n) is 6.84. The molecule has 1 aliphatic heterocycles. The Bertz CT molecular complexity index is 1740. The molecule has 13 nitrogen and oxygen atoms in total. The predicted octanol–water partition coefficient (Wildman–Crippen LogP) is 3.96. The summed E-state index contributed by atoms with van der Waals surface area (Å²) in [7, 11) is 0. The molecule has 0 unspecified atom stereocenters. The molecule has 0 spiro atoms. The van der Waals surface area contributed by atoms with E-state index in [4.69, 9.17) is 26.4 Å². The van der Waals surface area contributed by atoms with E-state index in [1.807, 2.05) is 0 Å². The number of halogens is 1. The average Bonchev–Trinajstić information content (AvgIpc) is 3.68. The zero-order valence-electron chi connectivity index (χ0n) is 21.6. The third kappa shape index (κ3) is 5.71. The highest BCUT2D eigenvalue weighted by Gasteiger charge is 2.24. The molecule has 1 saturated heterocycles. The minimum Gasteiger partial charge on any atom is -0.465 e. The zero-order valence-corrected chi connectivity index (χ0v) is 22.3. The highest BCUT2D eigenvalue weighted by Crippen LogP contribution is 2.31. The number of carbonyl (C=O) groups is 1. The highest BCUT2D eigenvalue weighted by molar-refractivity contribution is 6.31. The Kier molecular flexibility index (Phi) is 7.27. The van der Waals surface area contributed by atoms with Gasteiger partial charge >= 0.3 is 6.09 Å². The number of imidazole rings is 1. The number of nitrogens with one attached hydrogen (secondary N) is 2. The summed E-state index contributed by atoms with van der Waals surface area (Å²) in [5, 5.41) is 23.2. The van der Waals surface area contributed by atoms with Gasteiger partial charge in [-0.05, 0) is 59.2 Å². The quantitative estimate of drug-likeness (QED) is 0.261. The number of tetrazole rings is 1. The molecule has 1 aliphatic rings. The minimum absolute atomic E-state index is 0.00998. The number of benzene rings is 2. The normalized spacial score (nSPS) is 13.8. The molecule has 208 valence electrons. The van der Waals surface area contributed by atoms with Crippen LogP contribution in [0.4, 0.5) is 10.5 Å². The Balaban J connectivity index is 1.37. The molecule has 2 aromatic carbocycles. The van der Waals surface area contributed by atoms with E-state index in [0.717, 1.165) is 24.1 Å².